The minimum absolute atomic E-state index is 0.0559. The molecule has 15 heteroatoms. The van der Waals surface area contributed by atoms with Crippen LogP contribution in [0.25, 0.3) is 11.3 Å². The third-order valence-electron chi connectivity index (χ3n) is 9.09. The first-order chi connectivity index (χ1) is 27.6. The number of aromatic nitrogens is 1. The smallest absolute Gasteiger partial charge is 0.394 e. The van der Waals surface area contributed by atoms with Gasteiger partial charge in [0.1, 0.15) is 0 Å². The molecule has 0 atom stereocenters. The number of pyridine rings is 1. The van der Waals surface area contributed by atoms with E-state index in [-0.39, 0.29) is 43.6 Å². The maximum absolute atomic E-state index is 13.7. The molecule has 0 unspecified atom stereocenters. The Morgan fingerprint density at radius 3 is 2.39 bits per heavy atom. The molecule has 5 rings (SSSR count). The number of hydrogen-bond acceptors (Lipinski definition) is 9. The van der Waals surface area contributed by atoms with Crippen molar-refractivity contribution in [3.8, 4) is 11.3 Å². The number of nitrogens with one attached hydrogen (secondary N) is 3. The number of rotatable bonds is 20. The number of hydrogen-bond donors (Lipinski definition) is 4. The highest BCUT2D eigenvalue weighted by Crippen LogP contribution is 2.34. The van der Waals surface area contributed by atoms with E-state index in [0.717, 1.165) is 55.7 Å². The van der Waals surface area contributed by atoms with Crippen molar-refractivity contribution in [2.45, 2.75) is 44.2 Å². The van der Waals surface area contributed by atoms with Gasteiger partial charge in [-0.3, -0.25) is 19.4 Å². The van der Waals surface area contributed by atoms with Crippen molar-refractivity contribution in [3.63, 3.8) is 0 Å². The van der Waals surface area contributed by atoms with Gasteiger partial charge in [0.15, 0.2) is 0 Å². The Labute approximate surface area is 334 Å². The molecule has 4 N–H and O–H groups in total. The zero-order valence-corrected chi connectivity index (χ0v) is 32.4. The van der Waals surface area contributed by atoms with Gasteiger partial charge in [-0.25, -0.2) is 0 Å². The molecule has 1 aliphatic rings. The SMILES string of the molecule is O=C(CCOCCSCc1cccc(C(=O)Nc2ccc(N3CCCCC3)cc2-c2cc(C(=O)NCc3cccc(C(F)(F)F)c3)ccn2)c1)NCCOCCO. The fourth-order valence-electron chi connectivity index (χ4n) is 6.15. The van der Waals surface area contributed by atoms with Gasteiger partial charge in [-0.1, -0.05) is 24.3 Å². The number of ether oxygens (including phenoxy) is 2. The molecule has 1 aliphatic heterocycles. The number of anilines is 2. The maximum Gasteiger partial charge on any atom is 0.416 e. The fourth-order valence-corrected chi connectivity index (χ4v) is 6.95. The lowest BCUT2D eigenvalue weighted by atomic mass is 10.0. The van der Waals surface area contributed by atoms with Crippen LogP contribution >= 0.6 is 11.8 Å². The van der Waals surface area contributed by atoms with E-state index in [1.54, 1.807) is 23.9 Å². The molecule has 0 spiro atoms. The Kier molecular flexibility index (Phi) is 16.7. The fraction of sp³-hybridized carbons (Fsp3) is 0.381. The van der Waals surface area contributed by atoms with Crippen LogP contribution in [-0.4, -0.2) is 86.2 Å². The van der Waals surface area contributed by atoms with Gasteiger partial charge in [-0.2, -0.15) is 24.9 Å². The number of piperidine rings is 1. The van der Waals surface area contributed by atoms with Crippen LogP contribution in [0.5, 0.6) is 0 Å². The summed E-state index contributed by atoms with van der Waals surface area (Å²) in [6.45, 7) is 3.38. The molecular formula is C42H48F3N5O6S. The Bertz CT molecular complexity index is 1940. The molecule has 0 saturated carbocycles. The number of amides is 3. The van der Waals surface area contributed by atoms with Gasteiger partial charge in [-0.05, 0) is 85.0 Å². The molecule has 4 aromatic rings. The molecule has 0 aliphatic carbocycles. The Morgan fingerprint density at radius 1 is 0.807 bits per heavy atom. The number of thioether (sulfide) groups is 1. The standard InChI is InChI=1S/C42H48F3N5O6S/c43-42(44,45)34-9-5-6-30(25-34)28-48-40(53)33-12-14-46-38(26-33)36-27-35(50-16-2-1-3-17-50)10-11-37(36)49-41(54)32-8-4-7-31(24-32)29-57-23-22-55-19-13-39(52)47-15-20-56-21-18-51/h4-12,14,24-27,51H,1-3,13,15-23,28-29H2,(H,47,52)(H,48,53)(H,49,54). The minimum Gasteiger partial charge on any atom is -0.394 e. The van der Waals surface area contributed by atoms with E-state index in [9.17, 15) is 27.6 Å². The molecule has 304 valence electrons. The second-order valence-electron chi connectivity index (χ2n) is 13.3. The lowest BCUT2D eigenvalue weighted by molar-refractivity contribution is -0.137. The summed E-state index contributed by atoms with van der Waals surface area (Å²) in [4.78, 5) is 45.6. The van der Waals surface area contributed by atoms with E-state index in [1.807, 2.05) is 36.4 Å². The van der Waals surface area contributed by atoms with Gasteiger partial charge >= 0.3 is 6.18 Å². The van der Waals surface area contributed by atoms with Crippen LogP contribution < -0.4 is 20.9 Å². The van der Waals surface area contributed by atoms with Crippen LogP contribution in [-0.2, 0) is 32.7 Å². The predicted octanol–water partition coefficient (Wildman–Crippen LogP) is 6.71. The van der Waals surface area contributed by atoms with Crippen LogP contribution in [0.1, 0.15) is 63.1 Å². The van der Waals surface area contributed by atoms with Crippen molar-refractivity contribution >= 4 is 40.9 Å². The highest BCUT2D eigenvalue weighted by Gasteiger charge is 2.30. The molecule has 57 heavy (non-hydrogen) atoms. The first kappa shape index (κ1) is 43.2. The number of nitrogens with zero attached hydrogens (tertiary/aromatic N) is 2. The summed E-state index contributed by atoms with van der Waals surface area (Å²) < 4.78 is 50.4. The summed E-state index contributed by atoms with van der Waals surface area (Å²) in [7, 11) is 0. The molecule has 1 fully saturated rings. The number of aliphatic hydroxyl groups is 1. The summed E-state index contributed by atoms with van der Waals surface area (Å²) in [5, 5.41) is 17.2. The van der Waals surface area contributed by atoms with E-state index < -0.39 is 17.6 Å². The lowest BCUT2D eigenvalue weighted by Gasteiger charge is -2.29. The quantitative estimate of drug-likeness (QED) is 0.0718. The molecule has 2 heterocycles. The largest absolute Gasteiger partial charge is 0.416 e. The maximum atomic E-state index is 13.7. The summed E-state index contributed by atoms with van der Waals surface area (Å²) in [5.41, 5.74) is 3.78. The molecule has 11 nitrogen and oxygen atoms in total. The third kappa shape index (κ3) is 13.9. The topological polar surface area (TPSA) is 142 Å². The number of alkyl halides is 3. The van der Waals surface area contributed by atoms with Crippen molar-refractivity contribution in [3.05, 3.63) is 113 Å². The summed E-state index contributed by atoms with van der Waals surface area (Å²) in [6, 6.07) is 21.1. The van der Waals surface area contributed by atoms with Crippen molar-refractivity contribution < 1.29 is 42.1 Å². The second kappa shape index (κ2) is 22.1. The van der Waals surface area contributed by atoms with Crippen molar-refractivity contribution in [2.75, 3.05) is 68.6 Å². The Balaban J connectivity index is 1.20. The van der Waals surface area contributed by atoms with Gasteiger partial charge in [-0.15, -0.1) is 0 Å². The van der Waals surface area contributed by atoms with Crippen LogP contribution in [0.3, 0.4) is 0 Å². The van der Waals surface area contributed by atoms with E-state index in [0.29, 0.717) is 65.9 Å². The third-order valence-corrected chi connectivity index (χ3v) is 10.1. The number of halogens is 3. The lowest BCUT2D eigenvalue weighted by Crippen LogP contribution is -2.29. The normalized spacial score (nSPS) is 12.9. The molecular weight excluding hydrogens is 760 g/mol. The highest BCUT2D eigenvalue weighted by atomic mass is 32.2. The molecule has 3 aromatic carbocycles. The van der Waals surface area contributed by atoms with Crippen LogP contribution in [0.4, 0.5) is 24.5 Å². The minimum atomic E-state index is -4.49. The molecule has 1 aromatic heterocycles. The summed E-state index contributed by atoms with van der Waals surface area (Å²) in [6.07, 6.45) is 0.546. The first-order valence-corrected chi connectivity index (χ1v) is 20.1. The van der Waals surface area contributed by atoms with Gasteiger partial charge < -0.3 is 35.4 Å². The highest BCUT2D eigenvalue weighted by molar-refractivity contribution is 7.98. The van der Waals surface area contributed by atoms with E-state index >= 15 is 0 Å². The zero-order chi connectivity index (χ0) is 40.5. The van der Waals surface area contributed by atoms with Crippen molar-refractivity contribution in [2.24, 2.45) is 0 Å². The summed E-state index contributed by atoms with van der Waals surface area (Å²) in [5.74, 6) is 0.440. The molecule has 0 radical (unpaired) electrons. The molecule has 0 bridgehead atoms. The van der Waals surface area contributed by atoms with Crippen LogP contribution in [0, 0.1) is 0 Å². The second-order valence-corrected chi connectivity index (χ2v) is 14.4. The van der Waals surface area contributed by atoms with E-state index in [4.69, 9.17) is 14.6 Å². The monoisotopic (exact) mass is 807 g/mol. The Hall–Kier alpha value is -4.96. The van der Waals surface area contributed by atoms with E-state index in [2.05, 4.69) is 25.8 Å². The predicted molar refractivity (Wildman–Crippen MR) is 215 cm³/mol. The zero-order valence-electron chi connectivity index (χ0n) is 31.6. The van der Waals surface area contributed by atoms with Gasteiger partial charge in [0.25, 0.3) is 11.8 Å². The molecule has 3 amide bonds. The van der Waals surface area contributed by atoms with Gasteiger partial charge in [0.2, 0.25) is 5.91 Å². The number of carbonyl (C=O) groups is 3. The number of carbonyl (C=O) groups excluding carboxylic acids is 3. The van der Waals surface area contributed by atoms with Crippen LogP contribution in [0.15, 0.2) is 85.1 Å². The number of benzene rings is 3. The van der Waals surface area contributed by atoms with Crippen LogP contribution in [0.2, 0.25) is 0 Å². The van der Waals surface area contributed by atoms with Gasteiger partial charge in [0, 0.05) is 72.7 Å². The molecule has 1 saturated heterocycles. The van der Waals surface area contributed by atoms with E-state index in [1.165, 1.54) is 24.4 Å². The Morgan fingerprint density at radius 2 is 1.58 bits per heavy atom. The number of aliphatic hydroxyl groups excluding tert-OH is 1. The summed E-state index contributed by atoms with van der Waals surface area (Å²) >= 11 is 1.65. The average molecular weight is 808 g/mol. The first-order valence-electron chi connectivity index (χ1n) is 18.9. The van der Waals surface area contributed by atoms with Crippen molar-refractivity contribution in [1.29, 1.82) is 0 Å². The average Bonchev–Trinajstić information content (AvgIpc) is 3.22. The van der Waals surface area contributed by atoms with Crippen molar-refractivity contribution in [1.82, 2.24) is 15.6 Å². The van der Waals surface area contributed by atoms with Gasteiger partial charge in [0.05, 0.1) is 50.0 Å².